The van der Waals surface area contributed by atoms with Crippen LogP contribution in [0.5, 0.6) is 0 Å². The zero-order valence-corrected chi connectivity index (χ0v) is 16.9. The molecule has 2 N–H and O–H groups in total. The highest BCUT2D eigenvalue weighted by molar-refractivity contribution is 6.02. The average molecular weight is 409 g/mol. The van der Waals surface area contributed by atoms with Gasteiger partial charge in [-0.1, -0.05) is 17.7 Å². The molecule has 0 radical (unpaired) electrons. The van der Waals surface area contributed by atoms with Gasteiger partial charge in [-0.15, -0.1) is 0 Å². The highest BCUT2D eigenvalue weighted by Crippen LogP contribution is 2.21. The third kappa shape index (κ3) is 5.22. The van der Waals surface area contributed by atoms with E-state index in [0.29, 0.717) is 18.7 Å². The van der Waals surface area contributed by atoms with E-state index < -0.39 is 24.5 Å². The van der Waals surface area contributed by atoms with Gasteiger partial charge in [0.25, 0.3) is 5.91 Å². The fourth-order valence-electron chi connectivity index (χ4n) is 3.18. The van der Waals surface area contributed by atoms with E-state index in [4.69, 9.17) is 4.74 Å². The summed E-state index contributed by atoms with van der Waals surface area (Å²) in [6.45, 7) is 3.85. The molecule has 2 aromatic carbocycles. The normalized spacial score (nSPS) is 13.1. The number of anilines is 2. The van der Waals surface area contributed by atoms with E-state index in [1.807, 2.05) is 26.0 Å². The Labute approximate surface area is 174 Å². The van der Waals surface area contributed by atoms with Gasteiger partial charge in [-0.2, -0.15) is 0 Å². The number of urea groups is 1. The number of esters is 1. The van der Waals surface area contributed by atoms with Gasteiger partial charge in [-0.3, -0.25) is 14.9 Å². The van der Waals surface area contributed by atoms with E-state index in [1.165, 1.54) is 12.1 Å². The van der Waals surface area contributed by atoms with Gasteiger partial charge in [0.15, 0.2) is 6.61 Å². The molecule has 1 aliphatic heterocycles. The van der Waals surface area contributed by atoms with Crippen LogP contribution in [0.1, 0.15) is 34.3 Å². The zero-order valence-electron chi connectivity index (χ0n) is 16.9. The lowest BCUT2D eigenvalue weighted by molar-refractivity contribution is -0.123. The summed E-state index contributed by atoms with van der Waals surface area (Å²) in [4.78, 5) is 49.4. The van der Waals surface area contributed by atoms with Crippen LogP contribution in [0.2, 0.25) is 0 Å². The van der Waals surface area contributed by atoms with Crippen molar-refractivity contribution in [2.75, 3.05) is 23.4 Å². The molecule has 156 valence electrons. The molecule has 2 aromatic rings. The Morgan fingerprint density at radius 2 is 1.80 bits per heavy atom. The summed E-state index contributed by atoms with van der Waals surface area (Å²) in [6, 6.07) is 11.2. The Morgan fingerprint density at radius 1 is 1.07 bits per heavy atom. The predicted octanol–water partition coefficient (Wildman–Crippen LogP) is 2.94. The molecular weight excluding hydrogens is 386 g/mol. The second-order valence-corrected chi connectivity index (χ2v) is 7.09. The minimum Gasteiger partial charge on any atom is -0.452 e. The highest BCUT2D eigenvalue weighted by Gasteiger charge is 2.22. The molecule has 30 heavy (non-hydrogen) atoms. The Balaban J connectivity index is 1.47. The molecule has 3 rings (SSSR count). The summed E-state index contributed by atoms with van der Waals surface area (Å²) in [5.74, 6) is -1.38. The lowest BCUT2D eigenvalue weighted by atomic mass is 10.1. The summed E-state index contributed by atoms with van der Waals surface area (Å²) in [5.41, 5.74) is 3.47. The van der Waals surface area contributed by atoms with Crippen molar-refractivity contribution < 1.29 is 23.9 Å². The van der Waals surface area contributed by atoms with Gasteiger partial charge in [0.1, 0.15) is 0 Å². The van der Waals surface area contributed by atoms with Crippen molar-refractivity contribution in [3.8, 4) is 0 Å². The van der Waals surface area contributed by atoms with Crippen LogP contribution in [0.4, 0.5) is 16.2 Å². The first-order valence-electron chi connectivity index (χ1n) is 9.59. The molecule has 1 fully saturated rings. The first kappa shape index (κ1) is 21.0. The van der Waals surface area contributed by atoms with Crippen molar-refractivity contribution in [1.29, 1.82) is 0 Å². The number of aryl methyl sites for hydroxylation is 2. The molecule has 0 bridgehead atoms. The molecular formula is C22H23N3O5. The number of carbonyl (C=O) groups is 4. The lowest BCUT2D eigenvalue weighted by Gasteiger charge is -2.15. The largest absolute Gasteiger partial charge is 0.452 e. The van der Waals surface area contributed by atoms with Crippen LogP contribution in [0.25, 0.3) is 0 Å². The quantitative estimate of drug-likeness (QED) is 0.739. The predicted molar refractivity (Wildman–Crippen MR) is 111 cm³/mol. The first-order valence-corrected chi connectivity index (χ1v) is 9.59. The van der Waals surface area contributed by atoms with Crippen LogP contribution in [0, 0.1) is 13.8 Å². The first-order chi connectivity index (χ1) is 14.3. The summed E-state index contributed by atoms with van der Waals surface area (Å²) < 4.78 is 4.96. The van der Waals surface area contributed by atoms with E-state index >= 15 is 0 Å². The third-order valence-corrected chi connectivity index (χ3v) is 4.71. The Morgan fingerprint density at radius 3 is 2.43 bits per heavy atom. The smallest absolute Gasteiger partial charge is 0.338 e. The summed E-state index contributed by atoms with van der Waals surface area (Å²) in [6.07, 6.45) is 1.34. The SMILES string of the molecule is Cc1ccc(NC(=O)NC(=O)COC(=O)c2ccc(N3CCCC3=O)cc2)c(C)c1. The van der Waals surface area contributed by atoms with Crippen molar-refractivity contribution in [2.24, 2.45) is 0 Å². The van der Waals surface area contributed by atoms with Crippen molar-refractivity contribution in [3.05, 3.63) is 59.2 Å². The molecule has 0 aliphatic carbocycles. The zero-order chi connectivity index (χ0) is 21.7. The van der Waals surface area contributed by atoms with Crippen molar-refractivity contribution in [2.45, 2.75) is 26.7 Å². The number of carbonyl (C=O) groups excluding carboxylic acids is 4. The van der Waals surface area contributed by atoms with E-state index in [-0.39, 0.29) is 11.5 Å². The second kappa shape index (κ2) is 9.21. The molecule has 1 heterocycles. The fraction of sp³-hybridized carbons (Fsp3) is 0.273. The number of benzene rings is 2. The van der Waals surface area contributed by atoms with Gasteiger partial charge in [-0.25, -0.2) is 9.59 Å². The lowest BCUT2D eigenvalue weighted by Crippen LogP contribution is -2.37. The topological polar surface area (TPSA) is 105 Å². The molecule has 0 spiro atoms. The monoisotopic (exact) mass is 409 g/mol. The molecule has 0 aromatic heterocycles. The van der Waals surface area contributed by atoms with Crippen molar-refractivity contribution in [1.82, 2.24) is 5.32 Å². The van der Waals surface area contributed by atoms with Crippen LogP contribution in [-0.2, 0) is 14.3 Å². The van der Waals surface area contributed by atoms with E-state index in [1.54, 1.807) is 23.1 Å². The average Bonchev–Trinajstić information content (AvgIpc) is 3.14. The van der Waals surface area contributed by atoms with Crippen LogP contribution < -0.4 is 15.5 Å². The third-order valence-electron chi connectivity index (χ3n) is 4.71. The van der Waals surface area contributed by atoms with Crippen molar-refractivity contribution in [3.63, 3.8) is 0 Å². The fourth-order valence-corrected chi connectivity index (χ4v) is 3.18. The van der Waals surface area contributed by atoms with E-state index in [0.717, 1.165) is 23.2 Å². The van der Waals surface area contributed by atoms with Crippen LogP contribution in [0.3, 0.4) is 0 Å². The maximum absolute atomic E-state index is 12.1. The number of hydrogen-bond acceptors (Lipinski definition) is 5. The number of hydrogen-bond donors (Lipinski definition) is 2. The number of amides is 4. The minimum absolute atomic E-state index is 0.0566. The summed E-state index contributed by atoms with van der Waals surface area (Å²) >= 11 is 0. The maximum Gasteiger partial charge on any atom is 0.338 e. The standard InChI is InChI=1S/C22H23N3O5/c1-14-5-10-18(15(2)12-14)23-22(29)24-19(26)13-30-21(28)16-6-8-17(9-7-16)25-11-3-4-20(25)27/h5-10,12H,3-4,11,13H2,1-2H3,(H2,23,24,26,29). The minimum atomic E-state index is -0.745. The van der Waals surface area contributed by atoms with Gasteiger partial charge in [0.2, 0.25) is 5.91 Å². The number of rotatable bonds is 5. The Hall–Kier alpha value is -3.68. The Kier molecular flexibility index (Phi) is 6.46. The van der Waals surface area contributed by atoms with Gasteiger partial charge >= 0.3 is 12.0 Å². The molecule has 0 saturated carbocycles. The number of ether oxygens (including phenoxy) is 1. The highest BCUT2D eigenvalue weighted by atomic mass is 16.5. The number of imide groups is 1. The van der Waals surface area contributed by atoms with E-state index in [2.05, 4.69) is 10.6 Å². The molecule has 4 amide bonds. The van der Waals surface area contributed by atoms with Gasteiger partial charge in [0.05, 0.1) is 5.56 Å². The van der Waals surface area contributed by atoms with Gasteiger partial charge in [0, 0.05) is 24.3 Å². The molecule has 0 atom stereocenters. The number of nitrogens with zero attached hydrogens (tertiary/aromatic N) is 1. The van der Waals surface area contributed by atoms with Gasteiger partial charge in [-0.05, 0) is 56.2 Å². The molecule has 1 aliphatic rings. The maximum atomic E-state index is 12.1. The summed E-state index contributed by atoms with van der Waals surface area (Å²) in [7, 11) is 0. The Bertz CT molecular complexity index is 985. The molecule has 8 heteroatoms. The molecule has 8 nitrogen and oxygen atoms in total. The molecule has 1 saturated heterocycles. The van der Waals surface area contributed by atoms with Crippen LogP contribution in [-0.4, -0.2) is 37.0 Å². The second-order valence-electron chi connectivity index (χ2n) is 7.09. The van der Waals surface area contributed by atoms with Crippen molar-refractivity contribution >= 4 is 35.2 Å². The van der Waals surface area contributed by atoms with Crippen LogP contribution >= 0.6 is 0 Å². The molecule has 0 unspecified atom stereocenters. The van der Waals surface area contributed by atoms with Crippen LogP contribution in [0.15, 0.2) is 42.5 Å². The summed E-state index contributed by atoms with van der Waals surface area (Å²) in [5, 5.41) is 4.70. The van der Waals surface area contributed by atoms with Gasteiger partial charge < -0.3 is 15.0 Å². The van der Waals surface area contributed by atoms with E-state index in [9.17, 15) is 19.2 Å². The number of nitrogens with one attached hydrogen (secondary N) is 2.